The summed E-state index contributed by atoms with van der Waals surface area (Å²) in [6.45, 7) is 0. The van der Waals surface area contributed by atoms with Crippen molar-refractivity contribution in [1.82, 2.24) is 0 Å². The van der Waals surface area contributed by atoms with Crippen LogP contribution < -0.4 is 9.88 Å². The first-order valence-corrected chi connectivity index (χ1v) is 8.24. The Kier molecular flexibility index (Phi) is 3.32. The van der Waals surface area contributed by atoms with Crippen molar-refractivity contribution < 1.29 is 4.98 Å². The number of benzene rings is 2. The smallest absolute Gasteiger partial charge is 0.211 e. The predicted octanol–water partition coefficient (Wildman–Crippen LogP) is 4.85. The van der Waals surface area contributed by atoms with Crippen LogP contribution in [0.2, 0.25) is 5.02 Å². The van der Waals surface area contributed by atoms with Crippen LogP contribution in [0.3, 0.4) is 0 Å². The van der Waals surface area contributed by atoms with Crippen LogP contribution in [-0.2, 0) is 0 Å². The van der Waals surface area contributed by atoms with E-state index in [9.17, 15) is 0 Å². The van der Waals surface area contributed by atoms with Gasteiger partial charge in [0.05, 0.1) is 16.1 Å². The SMILES string of the molecule is CN1C(=Cc2cc[nH+]c3ccccc23)Sc2cc(Cl)ccc21. The maximum Gasteiger partial charge on any atom is 0.211 e. The summed E-state index contributed by atoms with van der Waals surface area (Å²) >= 11 is 7.86. The predicted molar refractivity (Wildman–Crippen MR) is 94.2 cm³/mol. The molecule has 1 aromatic heterocycles. The molecule has 0 spiro atoms. The van der Waals surface area contributed by atoms with Crippen LogP contribution in [0, 0.1) is 0 Å². The number of nitrogens with one attached hydrogen (secondary N) is 1. The molecule has 0 aliphatic carbocycles. The van der Waals surface area contributed by atoms with E-state index in [1.807, 2.05) is 24.4 Å². The highest BCUT2D eigenvalue weighted by Crippen LogP contribution is 2.46. The minimum Gasteiger partial charge on any atom is -0.338 e. The molecule has 0 saturated carbocycles. The van der Waals surface area contributed by atoms with Gasteiger partial charge in [-0.1, -0.05) is 35.5 Å². The zero-order valence-corrected chi connectivity index (χ0v) is 13.6. The largest absolute Gasteiger partial charge is 0.338 e. The number of anilines is 1. The van der Waals surface area contributed by atoms with Crippen LogP contribution in [0.25, 0.3) is 17.0 Å². The van der Waals surface area contributed by atoms with E-state index in [4.69, 9.17) is 11.6 Å². The minimum atomic E-state index is 0.778. The molecule has 22 heavy (non-hydrogen) atoms. The van der Waals surface area contributed by atoms with Crippen molar-refractivity contribution in [3.8, 4) is 0 Å². The fraction of sp³-hybridized carbons (Fsp3) is 0.0556. The summed E-state index contributed by atoms with van der Waals surface area (Å²) < 4.78 is 0. The molecule has 2 nitrogen and oxygen atoms in total. The number of aromatic nitrogens is 1. The monoisotopic (exact) mass is 325 g/mol. The van der Waals surface area contributed by atoms with Gasteiger partial charge in [0.25, 0.3) is 0 Å². The van der Waals surface area contributed by atoms with Crippen molar-refractivity contribution >= 4 is 46.0 Å². The topological polar surface area (TPSA) is 17.4 Å². The van der Waals surface area contributed by atoms with Crippen molar-refractivity contribution in [2.24, 2.45) is 0 Å². The number of para-hydroxylation sites is 1. The highest BCUT2D eigenvalue weighted by atomic mass is 35.5. The first-order valence-electron chi connectivity index (χ1n) is 7.05. The Balaban J connectivity index is 1.81. The van der Waals surface area contributed by atoms with Crippen molar-refractivity contribution in [3.05, 3.63) is 70.3 Å². The van der Waals surface area contributed by atoms with E-state index in [0.29, 0.717) is 0 Å². The molecule has 0 fully saturated rings. The van der Waals surface area contributed by atoms with Crippen LogP contribution in [0.5, 0.6) is 0 Å². The van der Waals surface area contributed by atoms with E-state index in [0.717, 1.165) is 10.5 Å². The zero-order chi connectivity index (χ0) is 15.1. The van der Waals surface area contributed by atoms with Gasteiger partial charge in [0.2, 0.25) is 5.52 Å². The second-order valence-electron chi connectivity index (χ2n) is 5.23. The second-order valence-corrected chi connectivity index (χ2v) is 6.73. The summed E-state index contributed by atoms with van der Waals surface area (Å²) in [6.07, 6.45) is 4.22. The Labute approximate surface area is 138 Å². The van der Waals surface area contributed by atoms with Gasteiger partial charge >= 0.3 is 0 Å². The average Bonchev–Trinajstić information content (AvgIpc) is 2.83. The van der Waals surface area contributed by atoms with E-state index < -0.39 is 0 Å². The summed E-state index contributed by atoms with van der Waals surface area (Å²) in [7, 11) is 2.09. The molecule has 3 aromatic rings. The summed E-state index contributed by atoms with van der Waals surface area (Å²) in [5, 5.41) is 3.20. The first kappa shape index (κ1) is 13.7. The third-order valence-corrected chi connectivity index (χ3v) is 5.23. The number of hydrogen-bond donors (Lipinski definition) is 0. The van der Waals surface area contributed by atoms with E-state index in [-0.39, 0.29) is 0 Å². The number of halogens is 1. The maximum absolute atomic E-state index is 6.10. The lowest BCUT2D eigenvalue weighted by Crippen LogP contribution is -2.09. The van der Waals surface area contributed by atoms with Gasteiger partial charge in [-0.15, -0.1) is 0 Å². The quantitative estimate of drug-likeness (QED) is 0.636. The molecule has 1 aliphatic rings. The first-order chi connectivity index (χ1) is 10.7. The standard InChI is InChI=1S/C18H13ClN2S/c1-21-16-7-6-13(19)11-17(16)22-18(21)10-12-8-9-20-15-5-3-2-4-14(12)15/h2-11H,1H3/p+1. The number of pyridine rings is 1. The Morgan fingerprint density at radius 1 is 1.14 bits per heavy atom. The summed E-state index contributed by atoms with van der Waals surface area (Å²) in [6, 6.07) is 16.5. The second kappa shape index (κ2) is 5.34. The lowest BCUT2D eigenvalue weighted by atomic mass is 10.1. The molecule has 0 saturated heterocycles. The number of aromatic amines is 1. The van der Waals surface area contributed by atoms with Crippen LogP contribution in [0.15, 0.2) is 64.7 Å². The fourth-order valence-electron chi connectivity index (χ4n) is 2.70. The average molecular weight is 326 g/mol. The Bertz CT molecular complexity index is 899. The third kappa shape index (κ3) is 2.27. The Morgan fingerprint density at radius 3 is 2.91 bits per heavy atom. The molecular weight excluding hydrogens is 312 g/mol. The molecule has 2 heterocycles. The number of H-pyrrole nitrogens is 1. The van der Waals surface area contributed by atoms with Gasteiger partial charge in [-0.2, -0.15) is 0 Å². The number of hydrogen-bond acceptors (Lipinski definition) is 2. The zero-order valence-electron chi connectivity index (χ0n) is 12.0. The molecule has 2 aromatic carbocycles. The van der Waals surface area contributed by atoms with Gasteiger partial charge in [-0.25, -0.2) is 4.98 Å². The molecule has 108 valence electrons. The third-order valence-electron chi connectivity index (χ3n) is 3.85. The van der Waals surface area contributed by atoms with Crippen LogP contribution in [-0.4, -0.2) is 7.05 Å². The molecule has 0 bridgehead atoms. The molecule has 4 heteroatoms. The van der Waals surface area contributed by atoms with E-state index in [1.54, 1.807) is 11.8 Å². The Morgan fingerprint density at radius 2 is 2.00 bits per heavy atom. The summed E-state index contributed by atoms with van der Waals surface area (Å²) in [5.74, 6) is 0. The fourth-order valence-corrected chi connectivity index (χ4v) is 4.08. The number of nitrogens with zero attached hydrogens (tertiary/aromatic N) is 1. The number of fused-ring (bicyclic) bond motifs is 2. The van der Waals surface area contributed by atoms with Gasteiger partial charge < -0.3 is 4.90 Å². The number of rotatable bonds is 1. The van der Waals surface area contributed by atoms with Gasteiger partial charge in [0, 0.05) is 29.1 Å². The lowest BCUT2D eigenvalue weighted by Gasteiger charge is -2.13. The molecule has 4 rings (SSSR count). The van der Waals surface area contributed by atoms with Gasteiger partial charge in [-0.3, -0.25) is 0 Å². The highest BCUT2D eigenvalue weighted by Gasteiger charge is 2.22. The van der Waals surface area contributed by atoms with Crippen molar-refractivity contribution in [1.29, 1.82) is 0 Å². The van der Waals surface area contributed by atoms with Crippen molar-refractivity contribution in [2.75, 3.05) is 11.9 Å². The van der Waals surface area contributed by atoms with Gasteiger partial charge in [0.1, 0.15) is 0 Å². The molecule has 0 amide bonds. The summed E-state index contributed by atoms with van der Waals surface area (Å²) in [4.78, 5) is 6.70. The minimum absolute atomic E-state index is 0.778. The normalized spacial score (nSPS) is 15.5. The van der Waals surface area contributed by atoms with E-state index >= 15 is 0 Å². The summed E-state index contributed by atoms with van der Waals surface area (Å²) in [5.41, 5.74) is 3.55. The molecule has 0 unspecified atom stereocenters. The maximum atomic E-state index is 6.10. The molecular formula is C18H14ClN2S+. The molecule has 0 radical (unpaired) electrons. The molecule has 0 atom stereocenters. The van der Waals surface area contributed by atoms with Gasteiger partial charge in [-0.05, 0) is 35.9 Å². The lowest BCUT2D eigenvalue weighted by molar-refractivity contribution is -0.344. The van der Waals surface area contributed by atoms with Crippen LogP contribution >= 0.6 is 23.4 Å². The Hall–Kier alpha value is -1.97. The molecule has 1 aliphatic heterocycles. The highest BCUT2D eigenvalue weighted by molar-refractivity contribution is 8.03. The molecule has 1 N–H and O–H groups in total. The number of thioether (sulfide) groups is 1. The van der Waals surface area contributed by atoms with Crippen molar-refractivity contribution in [3.63, 3.8) is 0 Å². The van der Waals surface area contributed by atoms with Crippen LogP contribution in [0.1, 0.15) is 5.56 Å². The van der Waals surface area contributed by atoms with Gasteiger partial charge in [0.15, 0.2) is 6.20 Å². The van der Waals surface area contributed by atoms with E-state index in [2.05, 4.69) is 53.3 Å². The van der Waals surface area contributed by atoms with Crippen LogP contribution in [0.4, 0.5) is 5.69 Å². The van der Waals surface area contributed by atoms with Crippen molar-refractivity contribution in [2.45, 2.75) is 4.90 Å². The van der Waals surface area contributed by atoms with E-state index in [1.165, 1.54) is 26.6 Å².